The van der Waals surface area contributed by atoms with Gasteiger partial charge in [-0.1, -0.05) is 18.2 Å². The molecular formula is C16H27N3O4S. The molecule has 1 aromatic rings. The van der Waals surface area contributed by atoms with Crippen LogP contribution in [-0.4, -0.2) is 77.2 Å². The predicted octanol–water partition coefficient (Wildman–Crippen LogP) is 0.177. The molecule has 0 fully saturated rings. The molecule has 0 heterocycles. The summed E-state index contributed by atoms with van der Waals surface area (Å²) < 4.78 is 30.0. The third kappa shape index (κ3) is 7.29. The van der Waals surface area contributed by atoms with Crippen molar-refractivity contribution in [2.24, 2.45) is 0 Å². The molecule has 0 aliphatic carbocycles. The topological polar surface area (TPSA) is 79.0 Å². The number of nitrogens with zero attached hydrogens (tertiary/aromatic N) is 2. The second-order valence-corrected chi connectivity index (χ2v) is 7.79. The van der Waals surface area contributed by atoms with Gasteiger partial charge in [0.2, 0.25) is 15.9 Å². The molecule has 0 aromatic heterocycles. The smallest absolute Gasteiger partial charge is 0.235 e. The van der Waals surface area contributed by atoms with Gasteiger partial charge in [0.25, 0.3) is 0 Å². The molecule has 24 heavy (non-hydrogen) atoms. The molecule has 8 heteroatoms. The minimum Gasteiger partial charge on any atom is -0.496 e. The summed E-state index contributed by atoms with van der Waals surface area (Å²) in [6.45, 7) is 1.09. The second kappa shape index (κ2) is 9.61. The summed E-state index contributed by atoms with van der Waals surface area (Å²) in [4.78, 5) is 13.9. The second-order valence-electron chi connectivity index (χ2n) is 5.81. The van der Waals surface area contributed by atoms with Gasteiger partial charge in [0.15, 0.2) is 0 Å². The lowest BCUT2D eigenvalue weighted by atomic mass is 10.1. The molecule has 1 amide bonds. The Morgan fingerprint density at radius 3 is 2.46 bits per heavy atom. The van der Waals surface area contributed by atoms with Gasteiger partial charge in [-0.15, -0.1) is 0 Å². The lowest BCUT2D eigenvalue weighted by Gasteiger charge is -2.21. The summed E-state index contributed by atoms with van der Waals surface area (Å²) in [6, 6.07) is 7.59. The summed E-state index contributed by atoms with van der Waals surface area (Å²) in [6.07, 6.45) is 1.73. The van der Waals surface area contributed by atoms with Crippen LogP contribution >= 0.6 is 0 Å². The van der Waals surface area contributed by atoms with Crippen molar-refractivity contribution in [3.63, 3.8) is 0 Å². The number of methoxy groups -OCH3 is 1. The molecule has 0 aliphatic heterocycles. The van der Waals surface area contributed by atoms with Crippen LogP contribution in [0.5, 0.6) is 5.75 Å². The van der Waals surface area contributed by atoms with E-state index in [4.69, 9.17) is 4.74 Å². The van der Waals surface area contributed by atoms with Crippen LogP contribution in [0.15, 0.2) is 24.3 Å². The van der Waals surface area contributed by atoms with Gasteiger partial charge in [-0.25, -0.2) is 8.42 Å². The summed E-state index contributed by atoms with van der Waals surface area (Å²) >= 11 is 0. The minimum atomic E-state index is -3.42. The van der Waals surface area contributed by atoms with Crippen molar-refractivity contribution in [3.8, 4) is 5.75 Å². The highest BCUT2D eigenvalue weighted by Gasteiger charge is 2.19. The Bertz CT molecular complexity index is 632. The molecule has 0 bridgehead atoms. The summed E-state index contributed by atoms with van der Waals surface area (Å²) in [5, 5.41) is 2.76. The fraction of sp³-hybridized carbons (Fsp3) is 0.562. The molecule has 0 spiro atoms. The number of benzene rings is 1. The molecule has 1 N–H and O–H groups in total. The Hall–Kier alpha value is -1.64. The zero-order valence-corrected chi connectivity index (χ0v) is 15.6. The normalized spacial score (nSPS) is 11.8. The average molecular weight is 357 g/mol. The average Bonchev–Trinajstić information content (AvgIpc) is 2.50. The van der Waals surface area contributed by atoms with Crippen LogP contribution in [-0.2, 0) is 21.2 Å². The number of carbonyl (C=O) groups excluding carboxylic acids is 1. The maximum atomic E-state index is 12.0. The third-order valence-electron chi connectivity index (χ3n) is 3.49. The van der Waals surface area contributed by atoms with Gasteiger partial charge in [-0.3, -0.25) is 4.79 Å². The van der Waals surface area contributed by atoms with Gasteiger partial charge in [0.1, 0.15) is 5.75 Å². The van der Waals surface area contributed by atoms with Gasteiger partial charge in [0.05, 0.1) is 19.9 Å². The van der Waals surface area contributed by atoms with Crippen molar-refractivity contribution in [2.75, 3.05) is 53.6 Å². The summed E-state index contributed by atoms with van der Waals surface area (Å²) in [5.41, 5.74) is 0.993. The number of sulfonamides is 1. The molecule has 0 unspecified atom stereocenters. The molecule has 0 radical (unpaired) electrons. The Kier molecular flexibility index (Phi) is 8.17. The molecule has 0 aliphatic rings. The first-order chi connectivity index (χ1) is 11.2. The van der Waals surface area contributed by atoms with Crippen LogP contribution in [0.25, 0.3) is 0 Å². The van der Waals surface area contributed by atoms with E-state index in [2.05, 4.69) is 5.32 Å². The van der Waals surface area contributed by atoms with Crippen LogP contribution in [0.3, 0.4) is 0 Å². The van der Waals surface area contributed by atoms with Gasteiger partial charge < -0.3 is 15.0 Å². The lowest BCUT2D eigenvalue weighted by Crippen LogP contribution is -2.43. The highest BCUT2D eigenvalue weighted by molar-refractivity contribution is 7.88. The fourth-order valence-corrected chi connectivity index (χ4v) is 2.90. The summed E-state index contributed by atoms with van der Waals surface area (Å²) in [7, 11) is 1.90. The molecule has 136 valence electrons. The number of ether oxygens (including phenoxy) is 1. The first-order valence-corrected chi connectivity index (χ1v) is 9.57. The first kappa shape index (κ1) is 20.4. The summed E-state index contributed by atoms with van der Waals surface area (Å²) in [5.74, 6) is 0.463. The van der Waals surface area contributed by atoms with Crippen molar-refractivity contribution in [1.82, 2.24) is 14.5 Å². The maximum absolute atomic E-state index is 12.0. The van der Waals surface area contributed by atoms with Crippen molar-refractivity contribution >= 4 is 15.9 Å². The zero-order chi connectivity index (χ0) is 18.2. The Labute approximate surface area is 144 Å². The molecule has 1 rings (SSSR count). The first-order valence-electron chi connectivity index (χ1n) is 7.72. The number of rotatable bonds is 10. The van der Waals surface area contributed by atoms with Gasteiger partial charge in [-0.2, -0.15) is 4.31 Å². The number of carbonyl (C=O) groups is 1. The van der Waals surface area contributed by atoms with E-state index >= 15 is 0 Å². The van der Waals surface area contributed by atoms with Crippen LogP contribution in [0, 0.1) is 0 Å². The quantitative estimate of drug-likeness (QED) is 0.646. The number of amides is 1. The van der Waals surface area contributed by atoms with Crippen molar-refractivity contribution in [1.29, 1.82) is 0 Å². The van der Waals surface area contributed by atoms with Gasteiger partial charge in [0, 0.05) is 19.6 Å². The Morgan fingerprint density at radius 2 is 1.88 bits per heavy atom. The van der Waals surface area contributed by atoms with Crippen LogP contribution in [0.2, 0.25) is 0 Å². The monoisotopic (exact) mass is 357 g/mol. The Morgan fingerprint density at radius 1 is 1.21 bits per heavy atom. The minimum absolute atomic E-state index is 0.168. The third-order valence-corrected chi connectivity index (χ3v) is 4.74. The predicted molar refractivity (Wildman–Crippen MR) is 94.7 cm³/mol. The van der Waals surface area contributed by atoms with Gasteiger partial charge >= 0.3 is 0 Å². The lowest BCUT2D eigenvalue weighted by molar-refractivity contribution is -0.121. The molecule has 7 nitrogen and oxygen atoms in total. The molecule has 0 atom stereocenters. The highest BCUT2D eigenvalue weighted by atomic mass is 32.2. The van der Waals surface area contributed by atoms with Crippen LogP contribution < -0.4 is 10.1 Å². The Balaban J connectivity index is 2.51. The highest BCUT2D eigenvalue weighted by Crippen LogP contribution is 2.17. The van der Waals surface area contributed by atoms with Crippen molar-refractivity contribution in [2.45, 2.75) is 6.42 Å². The molecular weight excluding hydrogens is 330 g/mol. The van der Waals surface area contributed by atoms with E-state index in [0.29, 0.717) is 19.5 Å². The standard InChI is InChI=1S/C16H27N3O4S/c1-18(2)11-12-19(24(4,21)22)13-16(20)17-10-9-14-7-5-6-8-15(14)23-3/h5-8H,9-13H2,1-4H3,(H,17,20). The molecule has 0 saturated carbocycles. The van der Waals surface area contributed by atoms with Gasteiger partial charge in [-0.05, 0) is 32.1 Å². The number of hydrogen-bond donors (Lipinski definition) is 1. The van der Waals surface area contributed by atoms with E-state index in [0.717, 1.165) is 17.6 Å². The zero-order valence-electron chi connectivity index (χ0n) is 14.8. The van der Waals surface area contributed by atoms with Crippen molar-refractivity contribution < 1.29 is 17.9 Å². The maximum Gasteiger partial charge on any atom is 0.235 e. The number of likely N-dealkylation sites (N-methyl/N-ethyl adjacent to an activating group) is 1. The number of para-hydroxylation sites is 1. The van der Waals surface area contributed by atoms with Crippen molar-refractivity contribution in [3.05, 3.63) is 29.8 Å². The van der Waals surface area contributed by atoms with E-state index in [1.807, 2.05) is 43.3 Å². The van der Waals surface area contributed by atoms with Crippen LogP contribution in [0.1, 0.15) is 5.56 Å². The van der Waals surface area contributed by atoms with E-state index in [9.17, 15) is 13.2 Å². The van der Waals surface area contributed by atoms with Crippen LogP contribution in [0.4, 0.5) is 0 Å². The fourth-order valence-electron chi connectivity index (χ4n) is 2.14. The van der Waals surface area contributed by atoms with E-state index in [1.165, 1.54) is 4.31 Å². The number of hydrogen-bond acceptors (Lipinski definition) is 5. The molecule has 1 aromatic carbocycles. The van der Waals surface area contributed by atoms with E-state index < -0.39 is 10.0 Å². The largest absolute Gasteiger partial charge is 0.496 e. The molecule has 0 saturated heterocycles. The van der Waals surface area contributed by atoms with E-state index in [1.54, 1.807) is 7.11 Å². The van der Waals surface area contributed by atoms with E-state index in [-0.39, 0.29) is 19.0 Å². The number of nitrogens with one attached hydrogen (secondary N) is 1. The SMILES string of the molecule is COc1ccccc1CCNC(=O)CN(CCN(C)C)S(C)(=O)=O.